The van der Waals surface area contributed by atoms with Gasteiger partial charge in [-0.15, -0.1) is 0 Å². The summed E-state index contributed by atoms with van der Waals surface area (Å²) in [5.74, 6) is 0.191. The molecule has 0 radical (unpaired) electrons. The molecule has 1 aliphatic rings. The molecule has 1 unspecified atom stereocenters. The van der Waals surface area contributed by atoms with E-state index >= 15 is 0 Å². The minimum Gasteiger partial charge on any atom is -0.447 e. The van der Waals surface area contributed by atoms with Gasteiger partial charge in [-0.05, 0) is 37.3 Å². The van der Waals surface area contributed by atoms with Crippen LogP contribution in [0, 0.1) is 5.82 Å². The Kier molecular flexibility index (Phi) is 4.33. The summed E-state index contributed by atoms with van der Waals surface area (Å²) in [6.07, 6.45) is 2.65. The van der Waals surface area contributed by atoms with Crippen LogP contribution in [0.15, 0.2) is 48.8 Å². The molecule has 4 rings (SSSR count). The van der Waals surface area contributed by atoms with Gasteiger partial charge in [-0.25, -0.2) is 34.0 Å². The van der Waals surface area contributed by atoms with E-state index in [9.17, 15) is 9.18 Å². The zero-order valence-corrected chi connectivity index (χ0v) is 14.3. The average molecular weight is 366 g/mol. The zero-order chi connectivity index (χ0) is 18.8. The number of carbonyl (C=O) groups is 1. The molecular formula is C18H15FN6O2. The number of nitrogens with zero attached hydrogens (tertiary/aromatic N) is 5. The van der Waals surface area contributed by atoms with Crippen LogP contribution >= 0.6 is 0 Å². The number of anilines is 3. The Morgan fingerprint density at radius 2 is 1.93 bits per heavy atom. The SMILES string of the molecule is CC1COC(=O)N1c1nccc(-c2ccnc(Nc3cccc(F)c3)n2)n1. The minimum absolute atomic E-state index is 0.150. The number of nitrogens with one attached hydrogen (secondary N) is 1. The van der Waals surface area contributed by atoms with Gasteiger partial charge in [-0.3, -0.25) is 0 Å². The quantitative estimate of drug-likeness (QED) is 0.758. The first-order chi connectivity index (χ1) is 13.1. The molecule has 1 amide bonds. The fraction of sp³-hybridized carbons (Fsp3) is 0.167. The van der Waals surface area contributed by atoms with Gasteiger partial charge in [-0.1, -0.05) is 6.07 Å². The van der Waals surface area contributed by atoms with Crippen LogP contribution in [-0.2, 0) is 4.74 Å². The van der Waals surface area contributed by atoms with E-state index in [-0.39, 0.29) is 17.8 Å². The van der Waals surface area contributed by atoms with Crippen molar-refractivity contribution in [2.45, 2.75) is 13.0 Å². The van der Waals surface area contributed by atoms with Crippen molar-refractivity contribution in [3.63, 3.8) is 0 Å². The molecule has 0 bridgehead atoms. The maximum Gasteiger partial charge on any atom is 0.417 e. The fourth-order valence-corrected chi connectivity index (χ4v) is 2.66. The highest BCUT2D eigenvalue weighted by atomic mass is 19.1. The van der Waals surface area contributed by atoms with E-state index in [0.717, 1.165) is 0 Å². The lowest BCUT2D eigenvalue weighted by atomic mass is 10.3. The first-order valence-electron chi connectivity index (χ1n) is 8.25. The van der Waals surface area contributed by atoms with Crippen molar-refractivity contribution >= 4 is 23.7 Å². The van der Waals surface area contributed by atoms with Crippen molar-refractivity contribution in [1.82, 2.24) is 19.9 Å². The second-order valence-electron chi connectivity index (χ2n) is 5.94. The second-order valence-corrected chi connectivity index (χ2v) is 5.94. The Labute approximate surface area is 154 Å². The minimum atomic E-state index is -0.476. The molecule has 1 atom stereocenters. The van der Waals surface area contributed by atoms with E-state index in [2.05, 4.69) is 25.3 Å². The Bertz CT molecular complexity index is 999. The normalized spacial score (nSPS) is 16.3. The van der Waals surface area contributed by atoms with E-state index in [0.29, 0.717) is 29.6 Å². The molecule has 8 nitrogen and oxygen atoms in total. The summed E-state index contributed by atoms with van der Waals surface area (Å²) in [6.45, 7) is 2.15. The molecule has 9 heteroatoms. The molecular weight excluding hydrogens is 351 g/mol. The highest BCUT2D eigenvalue weighted by molar-refractivity contribution is 5.88. The van der Waals surface area contributed by atoms with Crippen LogP contribution in [-0.4, -0.2) is 38.7 Å². The lowest BCUT2D eigenvalue weighted by Gasteiger charge is -2.15. The Balaban J connectivity index is 1.62. The van der Waals surface area contributed by atoms with E-state index < -0.39 is 6.09 Å². The summed E-state index contributed by atoms with van der Waals surface area (Å²) in [6, 6.07) is 9.23. The highest BCUT2D eigenvalue weighted by Gasteiger charge is 2.33. The largest absolute Gasteiger partial charge is 0.447 e. The van der Waals surface area contributed by atoms with Gasteiger partial charge in [0.15, 0.2) is 0 Å². The first-order valence-corrected chi connectivity index (χ1v) is 8.25. The molecule has 0 aliphatic carbocycles. The van der Waals surface area contributed by atoms with Gasteiger partial charge in [0, 0.05) is 18.1 Å². The number of rotatable bonds is 4. The molecule has 1 aliphatic heterocycles. The summed E-state index contributed by atoms with van der Waals surface area (Å²) in [5.41, 5.74) is 1.59. The molecule has 2 aromatic heterocycles. The summed E-state index contributed by atoms with van der Waals surface area (Å²) in [7, 11) is 0. The monoisotopic (exact) mass is 366 g/mol. The number of aromatic nitrogens is 4. The number of hydrogen-bond acceptors (Lipinski definition) is 7. The maximum atomic E-state index is 13.3. The highest BCUT2D eigenvalue weighted by Crippen LogP contribution is 2.23. The maximum absolute atomic E-state index is 13.3. The van der Waals surface area contributed by atoms with Gasteiger partial charge in [0.25, 0.3) is 0 Å². The van der Waals surface area contributed by atoms with Crippen LogP contribution in [0.3, 0.4) is 0 Å². The van der Waals surface area contributed by atoms with Crippen LogP contribution < -0.4 is 10.2 Å². The summed E-state index contributed by atoms with van der Waals surface area (Å²) in [5, 5.41) is 2.95. The Morgan fingerprint density at radius 3 is 2.67 bits per heavy atom. The molecule has 3 heterocycles. The average Bonchev–Trinajstić information content (AvgIpc) is 3.00. The van der Waals surface area contributed by atoms with Crippen molar-refractivity contribution in [1.29, 1.82) is 0 Å². The number of halogens is 1. The molecule has 1 N–H and O–H groups in total. The number of cyclic esters (lactones) is 1. The number of hydrogen-bond donors (Lipinski definition) is 1. The number of carbonyl (C=O) groups excluding carboxylic acids is 1. The van der Waals surface area contributed by atoms with Gasteiger partial charge in [-0.2, -0.15) is 0 Å². The van der Waals surface area contributed by atoms with Crippen molar-refractivity contribution in [2.75, 3.05) is 16.8 Å². The van der Waals surface area contributed by atoms with Gasteiger partial charge in [0.1, 0.15) is 12.4 Å². The van der Waals surface area contributed by atoms with E-state index in [4.69, 9.17) is 4.74 Å². The van der Waals surface area contributed by atoms with E-state index in [1.807, 2.05) is 6.92 Å². The van der Waals surface area contributed by atoms with Crippen LogP contribution in [0.25, 0.3) is 11.4 Å². The summed E-state index contributed by atoms with van der Waals surface area (Å²) < 4.78 is 18.3. The number of benzene rings is 1. The third-order valence-electron chi connectivity index (χ3n) is 3.94. The fourth-order valence-electron chi connectivity index (χ4n) is 2.66. The van der Waals surface area contributed by atoms with Crippen LogP contribution in [0.2, 0.25) is 0 Å². The summed E-state index contributed by atoms with van der Waals surface area (Å²) in [4.78, 5) is 30.4. The van der Waals surface area contributed by atoms with Crippen LogP contribution in [0.4, 0.5) is 26.8 Å². The third-order valence-corrected chi connectivity index (χ3v) is 3.94. The molecule has 1 aromatic carbocycles. The van der Waals surface area contributed by atoms with Crippen LogP contribution in [0.1, 0.15) is 6.92 Å². The predicted octanol–water partition coefficient (Wildman–Crippen LogP) is 3.16. The van der Waals surface area contributed by atoms with Gasteiger partial charge in [0.05, 0.1) is 17.4 Å². The summed E-state index contributed by atoms with van der Waals surface area (Å²) >= 11 is 0. The van der Waals surface area contributed by atoms with Crippen molar-refractivity contribution < 1.29 is 13.9 Å². The zero-order valence-electron chi connectivity index (χ0n) is 14.3. The first kappa shape index (κ1) is 16.8. The molecule has 0 saturated carbocycles. The Morgan fingerprint density at radius 1 is 1.15 bits per heavy atom. The smallest absolute Gasteiger partial charge is 0.417 e. The molecule has 3 aromatic rings. The number of ether oxygens (including phenoxy) is 1. The van der Waals surface area contributed by atoms with Gasteiger partial charge in [0.2, 0.25) is 11.9 Å². The van der Waals surface area contributed by atoms with Crippen molar-refractivity contribution in [2.24, 2.45) is 0 Å². The topological polar surface area (TPSA) is 93.1 Å². The van der Waals surface area contributed by atoms with E-state index in [1.165, 1.54) is 17.0 Å². The molecule has 1 saturated heterocycles. The molecule has 136 valence electrons. The standard InChI is InChI=1S/C18H15FN6O2/c1-11-10-27-18(26)25(11)17-21-8-6-15(24-17)14-5-7-20-16(23-14)22-13-4-2-3-12(19)9-13/h2-9,11H,10H2,1H3,(H,20,22,23). The van der Waals surface area contributed by atoms with Crippen molar-refractivity contribution in [3.8, 4) is 11.4 Å². The van der Waals surface area contributed by atoms with E-state index in [1.54, 1.807) is 36.7 Å². The second kappa shape index (κ2) is 6.94. The van der Waals surface area contributed by atoms with Crippen LogP contribution in [0.5, 0.6) is 0 Å². The lowest BCUT2D eigenvalue weighted by Crippen LogP contribution is -2.32. The van der Waals surface area contributed by atoms with Crippen molar-refractivity contribution in [3.05, 3.63) is 54.6 Å². The predicted molar refractivity (Wildman–Crippen MR) is 96.0 cm³/mol. The molecule has 0 spiro atoms. The number of amides is 1. The Hall–Kier alpha value is -3.62. The lowest BCUT2D eigenvalue weighted by molar-refractivity contribution is 0.179. The van der Waals surface area contributed by atoms with Gasteiger partial charge >= 0.3 is 6.09 Å². The van der Waals surface area contributed by atoms with Gasteiger partial charge < -0.3 is 10.1 Å². The molecule has 1 fully saturated rings. The molecule has 27 heavy (non-hydrogen) atoms. The third kappa shape index (κ3) is 3.52.